The van der Waals surface area contributed by atoms with Crippen molar-refractivity contribution >= 4 is 33.2 Å². The Morgan fingerprint density at radius 3 is 2.44 bits per heavy atom. The van der Waals surface area contributed by atoms with Gasteiger partial charge in [0.25, 0.3) is 0 Å². The molecule has 7 nitrogen and oxygen atoms in total. The third-order valence-electron chi connectivity index (χ3n) is 5.19. The summed E-state index contributed by atoms with van der Waals surface area (Å²) < 4.78 is 27.2. The number of benzene rings is 2. The van der Waals surface area contributed by atoms with Crippen molar-refractivity contribution in [1.82, 2.24) is 14.8 Å². The second-order valence-corrected chi connectivity index (χ2v) is 10.7. The van der Waals surface area contributed by atoms with Crippen molar-refractivity contribution in [2.75, 3.05) is 5.32 Å². The molecule has 0 spiro atoms. The highest BCUT2D eigenvalue weighted by Crippen LogP contribution is 2.27. The van der Waals surface area contributed by atoms with Gasteiger partial charge in [-0.2, -0.15) is 0 Å². The SMILES string of the molecule is CCc1ccccc1NC(=O)C(CC)Sc1nnc(CS(=O)(=O)c2ccc(C)cc2)n1C. The molecule has 0 aliphatic rings. The first-order valence-electron chi connectivity index (χ1n) is 10.5. The van der Waals surface area contributed by atoms with Crippen LogP contribution in [-0.4, -0.2) is 34.3 Å². The monoisotopic (exact) mass is 472 g/mol. The Bertz CT molecular complexity index is 1190. The smallest absolute Gasteiger partial charge is 0.237 e. The lowest BCUT2D eigenvalue weighted by Gasteiger charge is -2.16. The van der Waals surface area contributed by atoms with Crippen molar-refractivity contribution in [1.29, 1.82) is 0 Å². The molecule has 1 heterocycles. The van der Waals surface area contributed by atoms with Gasteiger partial charge in [0.2, 0.25) is 5.91 Å². The van der Waals surface area contributed by atoms with Crippen LogP contribution in [-0.2, 0) is 33.9 Å². The van der Waals surface area contributed by atoms with Gasteiger partial charge in [-0.25, -0.2) is 8.42 Å². The van der Waals surface area contributed by atoms with Gasteiger partial charge in [-0.15, -0.1) is 10.2 Å². The second kappa shape index (κ2) is 10.3. The van der Waals surface area contributed by atoms with Crippen LogP contribution in [0.4, 0.5) is 5.69 Å². The number of sulfone groups is 1. The summed E-state index contributed by atoms with van der Waals surface area (Å²) in [5, 5.41) is 11.4. The van der Waals surface area contributed by atoms with Crippen molar-refractivity contribution in [3.63, 3.8) is 0 Å². The number of hydrogen-bond donors (Lipinski definition) is 1. The van der Waals surface area contributed by atoms with Crippen LogP contribution in [0.2, 0.25) is 0 Å². The third-order valence-corrected chi connectivity index (χ3v) is 8.22. The molecule has 9 heteroatoms. The number of anilines is 1. The van der Waals surface area contributed by atoms with Gasteiger partial charge in [0, 0.05) is 12.7 Å². The average molecular weight is 473 g/mol. The van der Waals surface area contributed by atoms with Gasteiger partial charge in [0.1, 0.15) is 11.6 Å². The fraction of sp³-hybridized carbons (Fsp3) is 0.348. The van der Waals surface area contributed by atoms with E-state index in [1.165, 1.54) is 11.8 Å². The summed E-state index contributed by atoms with van der Waals surface area (Å²) in [6.45, 7) is 5.88. The fourth-order valence-electron chi connectivity index (χ4n) is 3.19. The van der Waals surface area contributed by atoms with Gasteiger partial charge in [0.15, 0.2) is 15.0 Å². The van der Waals surface area contributed by atoms with E-state index in [0.29, 0.717) is 17.4 Å². The highest BCUT2D eigenvalue weighted by molar-refractivity contribution is 8.00. The first kappa shape index (κ1) is 24.0. The van der Waals surface area contributed by atoms with E-state index in [-0.39, 0.29) is 21.8 Å². The van der Waals surface area contributed by atoms with E-state index in [9.17, 15) is 13.2 Å². The van der Waals surface area contributed by atoms with Crippen LogP contribution in [0.5, 0.6) is 0 Å². The largest absolute Gasteiger partial charge is 0.325 e. The van der Waals surface area contributed by atoms with Gasteiger partial charge < -0.3 is 9.88 Å². The van der Waals surface area contributed by atoms with E-state index in [1.54, 1.807) is 35.9 Å². The molecule has 1 atom stereocenters. The number of amides is 1. The first-order valence-corrected chi connectivity index (χ1v) is 13.0. The number of thioether (sulfide) groups is 1. The Balaban J connectivity index is 1.73. The molecule has 0 fully saturated rings. The minimum Gasteiger partial charge on any atom is -0.325 e. The molecule has 3 aromatic rings. The molecule has 0 saturated carbocycles. The number of nitrogens with one attached hydrogen (secondary N) is 1. The Kier molecular flexibility index (Phi) is 7.73. The van der Waals surface area contributed by atoms with Crippen molar-refractivity contribution in [2.45, 2.75) is 54.7 Å². The molecule has 1 aromatic heterocycles. The van der Waals surface area contributed by atoms with E-state index in [0.717, 1.165) is 23.2 Å². The Labute approximate surface area is 193 Å². The van der Waals surface area contributed by atoms with Crippen LogP contribution in [0.1, 0.15) is 37.2 Å². The summed E-state index contributed by atoms with van der Waals surface area (Å²) in [6.07, 6.45) is 1.41. The van der Waals surface area contributed by atoms with E-state index in [4.69, 9.17) is 0 Å². The Hall–Kier alpha value is -2.65. The van der Waals surface area contributed by atoms with Crippen LogP contribution in [0.15, 0.2) is 58.6 Å². The first-order chi connectivity index (χ1) is 15.2. The molecule has 1 unspecified atom stereocenters. The maximum atomic E-state index is 12.9. The van der Waals surface area contributed by atoms with Gasteiger partial charge in [-0.1, -0.05) is 61.5 Å². The molecule has 32 heavy (non-hydrogen) atoms. The molecule has 2 aromatic carbocycles. The second-order valence-electron chi connectivity index (χ2n) is 7.54. The van der Waals surface area contributed by atoms with Crippen LogP contribution in [0.25, 0.3) is 0 Å². The number of aryl methyl sites for hydroxylation is 2. The van der Waals surface area contributed by atoms with Crippen molar-refractivity contribution in [3.8, 4) is 0 Å². The van der Waals surface area contributed by atoms with Gasteiger partial charge in [-0.3, -0.25) is 4.79 Å². The van der Waals surface area contributed by atoms with Crippen molar-refractivity contribution in [2.24, 2.45) is 7.05 Å². The number of nitrogens with zero attached hydrogens (tertiary/aromatic N) is 3. The van der Waals surface area contributed by atoms with Gasteiger partial charge in [0.05, 0.1) is 10.1 Å². The van der Waals surface area contributed by atoms with Crippen LogP contribution < -0.4 is 5.32 Å². The van der Waals surface area contributed by atoms with Crippen LogP contribution >= 0.6 is 11.8 Å². The zero-order chi connectivity index (χ0) is 23.3. The van der Waals surface area contributed by atoms with E-state index >= 15 is 0 Å². The molecule has 3 rings (SSSR count). The number of carbonyl (C=O) groups excluding carboxylic acids is 1. The quantitative estimate of drug-likeness (QED) is 0.470. The van der Waals surface area contributed by atoms with Crippen molar-refractivity contribution in [3.05, 3.63) is 65.5 Å². The maximum absolute atomic E-state index is 12.9. The summed E-state index contributed by atoms with van der Waals surface area (Å²) in [5.74, 6) is -0.0395. The van der Waals surface area contributed by atoms with Gasteiger partial charge >= 0.3 is 0 Å². The Morgan fingerprint density at radius 1 is 1.09 bits per heavy atom. The molecule has 0 aliphatic carbocycles. The van der Waals surface area contributed by atoms with E-state index in [1.807, 2.05) is 45.0 Å². The van der Waals surface area contributed by atoms with Crippen LogP contribution in [0, 0.1) is 6.92 Å². The lowest BCUT2D eigenvalue weighted by molar-refractivity contribution is -0.115. The summed E-state index contributed by atoms with van der Waals surface area (Å²) in [6, 6.07) is 14.5. The Morgan fingerprint density at radius 2 is 1.78 bits per heavy atom. The molecule has 0 aliphatic heterocycles. The standard InChI is InChI=1S/C23H28N4O3S2/c1-5-17-9-7-8-10-19(17)24-22(28)20(6-2)31-23-26-25-21(27(23)4)15-32(29,30)18-13-11-16(3)12-14-18/h7-14,20H,5-6,15H2,1-4H3,(H,24,28). The van der Waals surface area contributed by atoms with Crippen LogP contribution in [0.3, 0.4) is 0 Å². The zero-order valence-electron chi connectivity index (χ0n) is 18.7. The third kappa shape index (κ3) is 5.58. The molecule has 1 N–H and O–H groups in total. The zero-order valence-corrected chi connectivity index (χ0v) is 20.3. The normalized spacial score (nSPS) is 12.5. The number of aromatic nitrogens is 3. The minimum atomic E-state index is -3.55. The highest BCUT2D eigenvalue weighted by Gasteiger charge is 2.24. The van der Waals surface area contributed by atoms with E-state index in [2.05, 4.69) is 15.5 Å². The summed E-state index contributed by atoms with van der Waals surface area (Å²) in [7, 11) is -1.83. The summed E-state index contributed by atoms with van der Waals surface area (Å²) in [5.41, 5.74) is 2.87. The molecule has 1 amide bonds. The molecule has 0 saturated heterocycles. The highest BCUT2D eigenvalue weighted by atomic mass is 32.2. The predicted octanol–water partition coefficient (Wildman–Crippen LogP) is 4.17. The van der Waals surface area contributed by atoms with Gasteiger partial charge in [-0.05, 0) is 43.5 Å². The lowest BCUT2D eigenvalue weighted by atomic mass is 10.1. The molecule has 170 valence electrons. The fourth-order valence-corrected chi connectivity index (χ4v) is 5.43. The molecule has 0 bridgehead atoms. The van der Waals surface area contributed by atoms with E-state index < -0.39 is 9.84 Å². The number of rotatable bonds is 9. The minimum absolute atomic E-state index is 0.116. The van der Waals surface area contributed by atoms with Crippen molar-refractivity contribution < 1.29 is 13.2 Å². The molecular formula is C23H28N4O3S2. The lowest BCUT2D eigenvalue weighted by Crippen LogP contribution is -2.25. The number of carbonyl (C=O) groups is 1. The average Bonchev–Trinajstić information content (AvgIpc) is 3.11. The summed E-state index contributed by atoms with van der Waals surface area (Å²) in [4.78, 5) is 13.1. The molecule has 0 radical (unpaired) electrons. The predicted molar refractivity (Wildman–Crippen MR) is 127 cm³/mol. The molecular weight excluding hydrogens is 444 g/mol. The topological polar surface area (TPSA) is 94.0 Å². The number of para-hydroxylation sites is 1. The summed E-state index contributed by atoms with van der Waals surface area (Å²) >= 11 is 1.28. The number of hydrogen-bond acceptors (Lipinski definition) is 6. The maximum Gasteiger partial charge on any atom is 0.237 e.